The van der Waals surface area contributed by atoms with Gasteiger partial charge in [-0.05, 0) is 23.6 Å². The highest BCUT2D eigenvalue weighted by molar-refractivity contribution is 7.80. The summed E-state index contributed by atoms with van der Waals surface area (Å²) in [6.45, 7) is 1.58. The standard InChI is InChI=1S/C17H16OS/c1-13(18)15-9-7-14(8-10-15)11-17(12-19)16-5-3-2-4-6-16/h2-11,19H,12H2,1H3. The smallest absolute Gasteiger partial charge is 0.159 e. The van der Waals surface area contributed by atoms with E-state index in [1.807, 2.05) is 42.5 Å². The number of rotatable bonds is 4. The number of benzene rings is 2. The maximum atomic E-state index is 11.2. The molecule has 0 bridgehead atoms. The van der Waals surface area contributed by atoms with Crippen molar-refractivity contribution in [3.05, 3.63) is 71.3 Å². The highest BCUT2D eigenvalue weighted by atomic mass is 32.1. The summed E-state index contributed by atoms with van der Waals surface area (Å²) in [4.78, 5) is 11.2. The van der Waals surface area contributed by atoms with Crippen LogP contribution in [0.3, 0.4) is 0 Å². The van der Waals surface area contributed by atoms with E-state index in [0.717, 1.165) is 11.1 Å². The molecule has 96 valence electrons. The molecule has 0 radical (unpaired) electrons. The Morgan fingerprint density at radius 1 is 1.00 bits per heavy atom. The van der Waals surface area contributed by atoms with Gasteiger partial charge in [0.05, 0.1) is 0 Å². The van der Waals surface area contributed by atoms with Gasteiger partial charge in [0.15, 0.2) is 5.78 Å². The molecule has 0 aliphatic carbocycles. The van der Waals surface area contributed by atoms with Gasteiger partial charge in [-0.15, -0.1) is 0 Å². The second-order valence-electron chi connectivity index (χ2n) is 4.37. The van der Waals surface area contributed by atoms with E-state index in [9.17, 15) is 4.79 Å². The number of hydrogen-bond donors (Lipinski definition) is 1. The molecule has 2 rings (SSSR count). The Hall–Kier alpha value is -1.80. The van der Waals surface area contributed by atoms with Crippen LogP contribution in [0.15, 0.2) is 54.6 Å². The van der Waals surface area contributed by atoms with E-state index in [2.05, 4.69) is 30.8 Å². The summed E-state index contributed by atoms with van der Waals surface area (Å²) >= 11 is 4.39. The zero-order valence-electron chi connectivity index (χ0n) is 10.8. The predicted molar refractivity (Wildman–Crippen MR) is 84.6 cm³/mol. The van der Waals surface area contributed by atoms with Gasteiger partial charge < -0.3 is 0 Å². The first-order chi connectivity index (χ1) is 9.20. The zero-order valence-corrected chi connectivity index (χ0v) is 11.7. The summed E-state index contributed by atoms with van der Waals surface area (Å²) in [6.07, 6.45) is 2.10. The van der Waals surface area contributed by atoms with Crippen LogP contribution >= 0.6 is 12.6 Å². The van der Waals surface area contributed by atoms with E-state index in [1.165, 1.54) is 11.1 Å². The van der Waals surface area contributed by atoms with Gasteiger partial charge in [-0.3, -0.25) is 4.79 Å². The van der Waals surface area contributed by atoms with Gasteiger partial charge >= 0.3 is 0 Å². The number of carbonyl (C=O) groups excluding carboxylic acids is 1. The van der Waals surface area contributed by atoms with Gasteiger partial charge in [0.1, 0.15) is 0 Å². The van der Waals surface area contributed by atoms with Gasteiger partial charge in [-0.1, -0.05) is 60.7 Å². The summed E-state index contributed by atoms with van der Waals surface area (Å²) < 4.78 is 0. The third kappa shape index (κ3) is 3.58. The highest BCUT2D eigenvalue weighted by Crippen LogP contribution is 2.19. The first-order valence-corrected chi connectivity index (χ1v) is 6.82. The molecule has 2 aromatic carbocycles. The first kappa shape index (κ1) is 13.6. The van der Waals surface area contributed by atoms with Crippen LogP contribution in [-0.2, 0) is 0 Å². The number of thiol groups is 1. The minimum Gasteiger partial charge on any atom is -0.295 e. The van der Waals surface area contributed by atoms with Crippen molar-refractivity contribution in [3.63, 3.8) is 0 Å². The largest absolute Gasteiger partial charge is 0.295 e. The average molecular weight is 268 g/mol. The van der Waals surface area contributed by atoms with E-state index in [4.69, 9.17) is 0 Å². The van der Waals surface area contributed by atoms with Crippen molar-refractivity contribution < 1.29 is 4.79 Å². The minimum absolute atomic E-state index is 0.0907. The molecule has 0 aromatic heterocycles. The number of carbonyl (C=O) groups is 1. The van der Waals surface area contributed by atoms with Gasteiger partial charge in [0, 0.05) is 11.3 Å². The van der Waals surface area contributed by atoms with Crippen molar-refractivity contribution in [2.24, 2.45) is 0 Å². The molecular weight excluding hydrogens is 252 g/mol. The molecule has 2 heteroatoms. The number of ketones is 1. The van der Waals surface area contributed by atoms with Gasteiger partial charge in [0.2, 0.25) is 0 Å². The lowest BCUT2D eigenvalue weighted by molar-refractivity contribution is 0.101. The highest BCUT2D eigenvalue weighted by Gasteiger charge is 2.01. The molecule has 0 aliphatic rings. The SMILES string of the molecule is CC(=O)c1ccc(C=C(CS)c2ccccc2)cc1. The molecule has 1 nitrogen and oxygen atoms in total. The van der Waals surface area contributed by atoms with Crippen LogP contribution < -0.4 is 0 Å². The maximum absolute atomic E-state index is 11.2. The topological polar surface area (TPSA) is 17.1 Å². The Balaban J connectivity index is 2.30. The molecule has 0 atom stereocenters. The fourth-order valence-corrected chi connectivity index (χ4v) is 2.16. The molecule has 0 fully saturated rings. The molecule has 0 unspecified atom stereocenters. The van der Waals surface area contributed by atoms with Crippen LogP contribution in [0.4, 0.5) is 0 Å². The minimum atomic E-state index is 0.0907. The second kappa shape index (κ2) is 6.39. The van der Waals surface area contributed by atoms with Crippen LogP contribution in [0.1, 0.15) is 28.4 Å². The Morgan fingerprint density at radius 2 is 1.63 bits per heavy atom. The summed E-state index contributed by atoms with van der Waals surface area (Å²) in [5.74, 6) is 0.770. The number of Topliss-reactive ketones (excluding diaryl/α,β-unsaturated/α-hetero) is 1. The van der Waals surface area contributed by atoms with Crippen molar-refractivity contribution in [1.29, 1.82) is 0 Å². The summed E-state index contributed by atoms with van der Waals surface area (Å²) in [5.41, 5.74) is 4.16. The molecule has 0 saturated heterocycles. The lowest BCUT2D eigenvalue weighted by Gasteiger charge is -2.05. The fourth-order valence-electron chi connectivity index (χ4n) is 1.89. The molecule has 19 heavy (non-hydrogen) atoms. The van der Waals surface area contributed by atoms with Crippen molar-refractivity contribution >= 4 is 30.1 Å². The molecule has 0 spiro atoms. The quantitative estimate of drug-likeness (QED) is 0.495. The Bertz CT molecular complexity index is 582. The van der Waals surface area contributed by atoms with Crippen LogP contribution in [0, 0.1) is 0 Å². The molecule has 0 aliphatic heterocycles. The van der Waals surface area contributed by atoms with Crippen LogP contribution in [0.25, 0.3) is 11.6 Å². The molecular formula is C17H16OS. The van der Waals surface area contributed by atoms with E-state index < -0.39 is 0 Å². The lowest BCUT2D eigenvalue weighted by Crippen LogP contribution is -1.91. The molecule has 2 aromatic rings. The zero-order chi connectivity index (χ0) is 13.7. The average Bonchev–Trinajstić information content (AvgIpc) is 2.46. The molecule has 0 saturated carbocycles. The Kier molecular flexibility index (Phi) is 4.58. The van der Waals surface area contributed by atoms with Gasteiger partial charge in [-0.25, -0.2) is 0 Å². The maximum Gasteiger partial charge on any atom is 0.159 e. The van der Waals surface area contributed by atoms with Crippen molar-refractivity contribution in [1.82, 2.24) is 0 Å². The van der Waals surface area contributed by atoms with E-state index in [1.54, 1.807) is 6.92 Å². The Morgan fingerprint density at radius 3 is 2.16 bits per heavy atom. The lowest BCUT2D eigenvalue weighted by atomic mass is 10.0. The first-order valence-electron chi connectivity index (χ1n) is 6.18. The van der Waals surface area contributed by atoms with Crippen LogP contribution in [-0.4, -0.2) is 11.5 Å². The molecule has 0 heterocycles. The van der Waals surface area contributed by atoms with Crippen LogP contribution in [0.5, 0.6) is 0 Å². The van der Waals surface area contributed by atoms with Crippen molar-refractivity contribution in [2.75, 3.05) is 5.75 Å². The van der Waals surface area contributed by atoms with E-state index in [0.29, 0.717) is 5.75 Å². The summed E-state index contributed by atoms with van der Waals surface area (Å²) in [7, 11) is 0. The predicted octanol–water partition coefficient (Wildman–Crippen LogP) is 4.36. The monoisotopic (exact) mass is 268 g/mol. The van der Waals surface area contributed by atoms with Crippen molar-refractivity contribution in [2.45, 2.75) is 6.92 Å². The van der Waals surface area contributed by atoms with E-state index >= 15 is 0 Å². The second-order valence-corrected chi connectivity index (χ2v) is 4.69. The fraction of sp³-hybridized carbons (Fsp3) is 0.118. The third-order valence-electron chi connectivity index (χ3n) is 2.97. The van der Waals surface area contributed by atoms with Gasteiger partial charge in [0.25, 0.3) is 0 Å². The van der Waals surface area contributed by atoms with Crippen LogP contribution in [0.2, 0.25) is 0 Å². The number of hydrogen-bond acceptors (Lipinski definition) is 2. The van der Waals surface area contributed by atoms with E-state index in [-0.39, 0.29) is 5.78 Å². The third-order valence-corrected chi connectivity index (χ3v) is 3.31. The molecule has 0 N–H and O–H groups in total. The summed E-state index contributed by atoms with van der Waals surface area (Å²) in [6, 6.07) is 17.8. The van der Waals surface area contributed by atoms with Gasteiger partial charge in [-0.2, -0.15) is 12.6 Å². The van der Waals surface area contributed by atoms with Crippen molar-refractivity contribution in [3.8, 4) is 0 Å². The molecule has 0 amide bonds. The normalized spacial score (nSPS) is 11.4. The Labute approximate surface area is 119 Å². The summed E-state index contributed by atoms with van der Waals surface area (Å²) in [5, 5.41) is 0.